The van der Waals surface area contributed by atoms with Gasteiger partial charge in [-0.05, 0) is 55.7 Å². The summed E-state index contributed by atoms with van der Waals surface area (Å²) in [6.07, 6.45) is 2.45. The van der Waals surface area contributed by atoms with Crippen LogP contribution < -0.4 is 21.3 Å². The first kappa shape index (κ1) is 38.5. The molecule has 14 heteroatoms. The third-order valence-electron chi connectivity index (χ3n) is 8.42. The molecule has 1 aliphatic rings. The van der Waals surface area contributed by atoms with Crippen LogP contribution in [0.25, 0.3) is 0 Å². The van der Waals surface area contributed by atoms with Crippen molar-refractivity contribution in [2.24, 2.45) is 5.92 Å². The summed E-state index contributed by atoms with van der Waals surface area (Å²) in [6, 6.07) is 14.5. The Labute approximate surface area is 302 Å². The normalized spacial score (nSPS) is 22.3. The molecule has 12 nitrogen and oxygen atoms in total. The minimum Gasteiger partial charge on any atom is -0.345 e. The van der Waals surface area contributed by atoms with E-state index in [2.05, 4.69) is 32.3 Å². The molecule has 0 unspecified atom stereocenters. The number of hydrogen-bond donors (Lipinski definition) is 4. The Morgan fingerprint density at radius 3 is 2.30 bits per heavy atom. The zero-order valence-corrected chi connectivity index (χ0v) is 31.0. The molecule has 5 amide bonds. The number of amides is 5. The van der Waals surface area contributed by atoms with Gasteiger partial charge in [-0.3, -0.25) is 28.9 Å². The molecule has 2 bridgehead atoms. The van der Waals surface area contributed by atoms with E-state index in [4.69, 9.17) is 0 Å². The number of nitrogens with zero attached hydrogens (tertiary/aromatic N) is 3. The van der Waals surface area contributed by atoms with Crippen LogP contribution in [-0.2, 0) is 32.1 Å². The van der Waals surface area contributed by atoms with E-state index >= 15 is 0 Å². The van der Waals surface area contributed by atoms with E-state index < -0.39 is 41.9 Å². The molecule has 1 aromatic heterocycles. The van der Waals surface area contributed by atoms with Crippen LogP contribution in [0.4, 0.5) is 0 Å². The molecular weight excluding hydrogens is 675 g/mol. The number of nitrogens with one attached hydrogen (secondary N) is 4. The van der Waals surface area contributed by atoms with Crippen molar-refractivity contribution in [3.8, 4) is 0 Å². The van der Waals surface area contributed by atoms with Gasteiger partial charge in [0, 0.05) is 37.0 Å². The second-order valence-electron chi connectivity index (χ2n) is 12.9. The standard InChI is InChI=1S/C36H47N7O5S2/c1-22(2)31-34(47)38-24(4)36(48)42(5)15-16-43(19-26-13-10-14-27(17-26)49-6)20-30(44)39-28(18-25-11-8-7-9-12-25)35-40-29(21-50-35)33(46)37-23(3)32(45)41-31/h7-14,17,21-24,28,31H,15-16,18-20H2,1-6H3,(H,37,46)(H,38,47)(H,39,44)(H,41,45)/t23-,24+,28-,31-/m0/s1. The monoisotopic (exact) mass is 721 g/mol. The molecule has 268 valence electrons. The number of benzene rings is 2. The lowest BCUT2D eigenvalue weighted by molar-refractivity contribution is -0.136. The molecule has 0 saturated carbocycles. The molecule has 0 aliphatic carbocycles. The number of carbonyl (C=O) groups is 5. The van der Waals surface area contributed by atoms with Crippen molar-refractivity contribution in [2.75, 3.05) is 32.9 Å². The lowest BCUT2D eigenvalue weighted by atomic mass is 10.0. The Hall–Kier alpha value is -4.27. The van der Waals surface area contributed by atoms with Crippen LogP contribution in [0.2, 0.25) is 0 Å². The van der Waals surface area contributed by atoms with Gasteiger partial charge < -0.3 is 26.2 Å². The fourth-order valence-corrected chi connectivity index (χ4v) is 6.87. The first-order valence-electron chi connectivity index (χ1n) is 16.6. The Bertz CT molecular complexity index is 1650. The first-order valence-corrected chi connectivity index (χ1v) is 18.8. The number of fused-ring (bicyclic) bond motifs is 2. The van der Waals surface area contributed by atoms with Crippen molar-refractivity contribution < 1.29 is 24.0 Å². The molecule has 0 spiro atoms. The van der Waals surface area contributed by atoms with Crippen LogP contribution in [0, 0.1) is 5.92 Å². The molecule has 0 fully saturated rings. The maximum absolute atomic E-state index is 13.8. The largest absolute Gasteiger partial charge is 0.345 e. The van der Waals surface area contributed by atoms with Gasteiger partial charge in [-0.1, -0.05) is 56.3 Å². The van der Waals surface area contributed by atoms with Gasteiger partial charge in [0.1, 0.15) is 28.8 Å². The minimum atomic E-state index is -0.983. The van der Waals surface area contributed by atoms with Gasteiger partial charge in [0.15, 0.2) is 0 Å². The van der Waals surface area contributed by atoms with Crippen LogP contribution in [-0.4, -0.2) is 95.4 Å². The number of thioether (sulfide) groups is 1. The number of likely N-dealkylation sites (N-methyl/N-ethyl adjacent to an activating group) is 1. The van der Waals surface area contributed by atoms with Gasteiger partial charge in [-0.15, -0.1) is 23.1 Å². The molecule has 0 radical (unpaired) electrons. The highest BCUT2D eigenvalue weighted by Crippen LogP contribution is 2.23. The number of carbonyl (C=O) groups excluding carboxylic acids is 5. The minimum absolute atomic E-state index is 0.0448. The predicted octanol–water partition coefficient (Wildman–Crippen LogP) is 3.00. The Balaban J connectivity index is 1.66. The molecule has 50 heavy (non-hydrogen) atoms. The lowest BCUT2D eigenvalue weighted by Crippen LogP contribution is -2.57. The highest BCUT2D eigenvalue weighted by Gasteiger charge is 2.31. The Kier molecular flexibility index (Phi) is 14.0. The van der Waals surface area contributed by atoms with Crippen LogP contribution in [0.15, 0.2) is 64.9 Å². The highest BCUT2D eigenvalue weighted by atomic mass is 32.2. The van der Waals surface area contributed by atoms with Crippen molar-refractivity contribution >= 4 is 52.6 Å². The molecule has 4 rings (SSSR count). The fraction of sp³-hybridized carbons (Fsp3) is 0.444. The zero-order valence-electron chi connectivity index (χ0n) is 29.4. The van der Waals surface area contributed by atoms with Gasteiger partial charge in [0.25, 0.3) is 5.91 Å². The second-order valence-corrected chi connectivity index (χ2v) is 14.6. The molecule has 0 saturated heterocycles. The van der Waals surface area contributed by atoms with E-state index in [1.54, 1.807) is 45.0 Å². The SMILES string of the molecule is CSc1cccc(CN2CCN(C)C(=O)[C@@H](C)NC(=O)[C@H](C(C)C)NC(=O)[C@H](C)NC(=O)c3csc(n3)[C@H](Cc3ccccc3)NC(=O)C2)c1. The van der Waals surface area contributed by atoms with Gasteiger partial charge in [-0.2, -0.15) is 0 Å². The molecular formula is C36H47N7O5S2. The third kappa shape index (κ3) is 10.9. The van der Waals surface area contributed by atoms with E-state index in [0.29, 0.717) is 31.1 Å². The van der Waals surface area contributed by atoms with E-state index in [0.717, 1.165) is 16.0 Å². The van der Waals surface area contributed by atoms with Crippen LogP contribution in [0.1, 0.15) is 60.4 Å². The Morgan fingerprint density at radius 1 is 0.880 bits per heavy atom. The van der Waals surface area contributed by atoms with E-state index in [1.165, 1.54) is 23.2 Å². The predicted molar refractivity (Wildman–Crippen MR) is 196 cm³/mol. The molecule has 3 aromatic rings. The zero-order chi connectivity index (χ0) is 36.4. The summed E-state index contributed by atoms with van der Waals surface area (Å²) in [5, 5.41) is 13.4. The van der Waals surface area contributed by atoms with E-state index in [9.17, 15) is 24.0 Å². The summed E-state index contributed by atoms with van der Waals surface area (Å²) in [6.45, 7) is 7.89. The maximum Gasteiger partial charge on any atom is 0.271 e. The van der Waals surface area contributed by atoms with E-state index in [-0.39, 0.29) is 30.0 Å². The van der Waals surface area contributed by atoms with Crippen LogP contribution >= 0.6 is 23.1 Å². The highest BCUT2D eigenvalue weighted by molar-refractivity contribution is 7.98. The van der Waals surface area contributed by atoms with Gasteiger partial charge >= 0.3 is 0 Å². The number of hydrogen-bond acceptors (Lipinski definition) is 9. The second kappa shape index (κ2) is 18.1. The van der Waals surface area contributed by atoms with Crippen molar-refractivity contribution in [3.05, 3.63) is 81.8 Å². The van der Waals surface area contributed by atoms with E-state index in [1.807, 2.05) is 59.7 Å². The van der Waals surface area contributed by atoms with Gasteiger partial charge in [0.2, 0.25) is 23.6 Å². The summed E-state index contributed by atoms with van der Waals surface area (Å²) in [5.41, 5.74) is 2.13. The van der Waals surface area contributed by atoms with Crippen LogP contribution in [0.3, 0.4) is 0 Å². The maximum atomic E-state index is 13.8. The number of thiazole rings is 1. The summed E-state index contributed by atoms with van der Waals surface area (Å²) < 4.78 is 0. The number of aromatic nitrogens is 1. The smallest absolute Gasteiger partial charge is 0.271 e. The van der Waals surface area contributed by atoms with Crippen molar-refractivity contribution in [3.63, 3.8) is 0 Å². The summed E-state index contributed by atoms with van der Waals surface area (Å²) in [4.78, 5) is 76.0. The van der Waals surface area contributed by atoms with Crippen molar-refractivity contribution in [1.29, 1.82) is 0 Å². The molecule has 1 aliphatic heterocycles. The lowest BCUT2D eigenvalue weighted by Gasteiger charge is -2.29. The quantitative estimate of drug-likeness (QED) is 0.284. The van der Waals surface area contributed by atoms with Crippen LogP contribution in [0.5, 0.6) is 0 Å². The summed E-state index contributed by atoms with van der Waals surface area (Å²) in [7, 11) is 1.66. The molecule has 4 atom stereocenters. The number of rotatable bonds is 6. The third-order valence-corrected chi connectivity index (χ3v) is 10.1. The summed E-state index contributed by atoms with van der Waals surface area (Å²) in [5.74, 6) is -2.46. The molecule has 2 heterocycles. The topological polar surface area (TPSA) is 153 Å². The van der Waals surface area contributed by atoms with Gasteiger partial charge in [-0.25, -0.2) is 4.98 Å². The van der Waals surface area contributed by atoms with Crippen molar-refractivity contribution in [1.82, 2.24) is 36.1 Å². The molecule has 4 N–H and O–H groups in total. The fourth-order valence-electron chi connectivity index (χ4n) is 5.53. The average Bonchev–Trinajstić information content (AvgIpc) is 3.59. The first-order chi connectivity index (χ1) is 23.8. The van der Waals surface area contributed by atoms with Gasteiger partial charge in [0.05, 0.1) is 12.6 Å². The Morgan fingerprint density at radius 2 is 1.60 bits per heavy atom. The average molecular weight is 722 g/mol. The summed E-state index contributed by atoms with van der Waals surface area (Å²) >= 11 is 2.89. The van der Waals surface area contributed by atoms with Crippen molar-refractivity contribution in [2.45, 2.75) is 69.7 Å². The molecule has 2 aromatic carbocycles.